The van der Waals surface area contributed by atoms with Gasteiger partial charge in [-0.2, -0.15) is 11.8 Å². The zero-order valence-electron chi connectivity index (χ0n) is 12.1. The number of aryl methyl sites for hydroxylation is 1. The summed E-state index contributed by atoms with van der Waals surface area (Å²) >= 11 is 1.93. The van der Waals surface area contributed by atoms with Crippen LogP contribution in [0.15, 0.2) is 24.3 Å². The van der Waals surface area contributed by atoms with Crippen molar-refractivity contribution >= 4 is 17.4 Å². The Morgan fingerprint density at radius 1 is 1.28 bits per heavy atom. The highest BCUT2D eigenvalue weighted by Crippen LogP contribution is 2.10. The van der Waals surface area contributed by atoms with Gasteiger partial charge in [0.1, 0.15) is 0 Å². The molecule has 0 amide bonds. The topological polar surface area (TPSA) is 15.3 Å². The van der Waals surface area contributed by atoms with Crippen LogP contribution in [0.1, 0.15) is 18.9 Å². The van der Waals surface area contributed by atoms with Gasteiger partial charge in [0.25, 0.3) is 0 Å². The van der Waals surface area contributed by atoms with Crippen LogP contribution in [0.3, 0.4) is 0 Å². The van der Waals surface area contributed by atoms with Crippen molar-refractivity contribution in [1.29, 1.82) is 0 Å². The van der Waals surface area contributed by atoms with Crippen molar-refractivity contribution in [3.05, 3.63) is 29.8 Å². The van der Waals surface area contributed by atoms with Gasteiger partial charge in [-0.05, 0) is 38.8 Å². The van der Waals surface area contributed by atoms with Crippen molar-refractivity contribution in [3.63, 3.8) is 0 Å². The van der Waals surface area contributed by atoms with Crippen molar-refractivity contribution in [1.82, 2.24) is 4.90 Å². The SMILES string of the molecule is CCC(CSC)N(C)CCNc1ccc(C)cc1. The molecule has 3 heteroatoms. The predicted octanol–water partition coefficient (Wildman–Crippen LogP) is 3.48. The molecule has 0 spiro atoms. The third-order valence-corrected chi connectivity index (χ3v) is 4.02. The lowest BCUT2D eigenvalue weighted by molar-refractivity contribution is 0.265. The Labute approximate surface area is 116 Å². The van der Waals surface area contributed by atoms with Crippen LogP contribution < -0.4 is 5.32 Å². The summed E-state index contributed by atoms with van der Waals surface area (Å²) in [6.45, 7) is 6.48. The third-order valence-electron chi connectivity index (χ3n) is 3.30. The summed E-state index contributed by atoms with van der Waals surface area (Å²) in [6.07, 6.45) is 3.41. The van der Waals surface area contributed by atoms with E-state index in [-0.39, 0.29) is 0 Å². The number of rotatable bonds is 8. The summed E-state index contributed by atoms with van der Waals surface area (Å²) < 4.78 is 0. The average Bonchev–Trinajstić information content (AvgIpc) is 2.38. The van der Waals surface area contributed by atoms with Gasteiger partial charge in [-0.3, -0.25) is 0 Å². The van der Waals surface area contributed by atoms with Crippen molar-refractivity contribution in [2.75, 3.05) is 37.5 Å². The molecule has 0 aromatic heterocycles. The monoisotopic (exact) mass is 266 g/mol. The van der Waals surface area contributed by atoms with Gasteiger partial charge in [0.15, 0.2) is 0 Å². The molecule has 2 nitrogen and oxygen atoms in total. The molecule has 0 bridgehead atoms. The van der Waals surface area contributed by atoms with E-state index in [0.717, 1.165) is 13.1 Å². The molecule has 1 unspecified atom stereocenters. The predicted molar refractivity (Wildman–Crippen MR) is 84.8 cm³/mol. The van der Waals surface area contributed by atoms with E-state index >= 15 is 0 Å². The molecule has 1 aromatic carbocycles. The van der Waals surface area contributed by atoms with Crippen LogP contribution in [0.25, 0.3) is 0 Å². The Bertz CT molecular complexity index is 324. The molecular formula is C15H26N2S. The number of thioether (sulfide) groups is 1. The van der Waals surface area contributed by atoms with Crippen LogP contribution >= 0.6 is 11.8 Å². The van der Waals surface area contributed by atoms with Gasteiger partial charge < -0.3 is 10.2 Å². The van der Waals surface area contributed by atoms with E-state index in [9.17, 15) is 0 Å². The number of nitrogens with one attached hydrogen (secondary N) is 1. The summed E-state index contributed by atoms with van der Waals surface area (Å²) in [7, 11) is 2.22. The molecule has 0 aliphatic rings. The lowest BCUT2D eigenvalue weighted by Crippen LogP contribution is -2.36. The van der Waals surface area contributed by atoms with Crippen molar-refractivity contribution in [3.8, 4) is 0 Å². The Morgan fingerprint density at radius 3 is 2.50 bits per heavy atom. The Morgan fingerprint density at radius 2 is 1.94 bits per heavy atom. The summed E-state index contributed by atoms with van der Waals surface area (Å²) in [5.41, 5.74) is 2.52. The van der Waals surface area contributed by atoms with Crippen molar-refractivity contribution in [2.45, 2.75) is 26.3 Å². The van der Waals surface area contributed by atoms with Gasteiger partial charge in [0.05, 0.1) is 0 Å². The first-order valence-electron chi connectivity index (χ1n) is 6.67. The molecular weight excluding hydrogens is 240 g/mol. The van der Waals surface area contributed by atoms with Crippen LogP contribution in [0.4, 0.5) is 5.69 Å². The molecule has 1 aromatic rings. The zero-order chi connectivity index (χ0) is 13.4. The summed E-state index contributed by atoms with van der Waals surface area (Å²) in [4.78, 5) is 2.46. The van der Waals surface area contributed by atoms with Crippen LogP contribution in [0.2, 0.25) is 0 Å². The standard InChI is InChI=1S/C15H26N2S/c1-5-15(12-18-4)17(3)11-10-16-14-8-6-13(2)7-9-14/h6-9,15-16H,5,10-12H2,1-4H3. The Kier molecular flexibility index (Phi) is 7.21. The highest BCUT2D eigenvalue weighted by atomic mass is 32.2. The third kappa shape index (κ3) is 5.32. The highest BCUT2D eigenvalue weighted by molar-refractivity contribution is 7.98. The zero-order valence-corrected chi connectivity index (χ0v) is 12.9. The van der Waals surface area contributed by atoms with E-state index in [1.165, 1.54) is 23.4 Å². The number of likely N-dealkylation sites (N-methyl/N-ethyl adjacent to an activating group) is 1. The van der Waals surface area contributed by atoms with Crippen LogP contribution in [0.5, 0.6) is 0 Å². The fraction of sp³-hybridized carbons (Fsp3) is 0.600. The second-order valence-corrected chi connectivity index (χ2v) is 5.70. The maximum atomic E-state index is 3.48. The molecule has 0 aliphatic carbocycles. The molecule has 0 saturated carbocycles. The normalized spacial score (nSPS) is 12.7. The lowest BCUT2D eigenvalue weighted by atomic mass is 10.2. The van der Waals surface area contributed by atoms with E-state index in [1.54, 1.807) is 0 Å². The van der Waals surface area contributed by atoms with Gasteiger partial charge in [-0.15, -0.1) is 0 Å². The first-order valence-corrected chi connectivity index (χ1v) is 8.06. The molecule has 1 N–H and O–H groups in total. The molecule has 1 rings (SSSR count). The molecule has 0 saturated heterocycles. The molecule has 0 heterocycles. The minimum atomic E-state index is 0.694. The smallest absolute Gasteiger partial charge is 0.0340 e. The second-order valence-electron chi connectivity index (χ2n) is 4.79. The molecule has 0 fully saturated rings. The highest BCUT2D eigenvalue weighted by Gasteiger charge is 2.10. The number of nitrogens with zero attached hydrogens (tertiary/aromatic N) is 1. The Hall–Kier alpha value is -0.670. The first-order chi connectivity index (χ1) is 8.67. The summed E-state index contributed by atoms with van der Waals surface area (Å²) in [5, 5.41) is 3.48. The quantitative estimate of drug-likeness (QED) is 0.775. The van der Waals surface area contributed by atoms with E-state index in [4.69, 9.17) is 0 Å². The molecule has 102 valence electrons. The van der Waals surface area contributed by atoms with E-state index in [2.05, 4.69) is 61.6 Å². The van der Waals surface area contributed by atoms with Crippen LogP contribution in [0, 0.1) is 6.92 Å². The lowest BCUT2D eigenvalue weighted by Gasteiger charge is -2.26. The van der Waals surface area contributed by atoms with E-state index in [1.807, 2.05) is 11.8 Å². The average molecular weight is 266 g/mol. The van der Waals surface area contributed by atoms with E-state index < -0.39 is 0 Å². The molecule has 1 atom stereocenters. The van der Waals surface area contributed by atoms with Crippen molar-refractivity contribution in [2.24, 2.45) is 0 Å². The number of anilines is 1. The maximum absolute atomic E-state index is 3.48. The van der Waals surface area contributed by atoms with Gasteiger partial charge in [-0.1, -0.05) is 24.6 Å². The van der Waals surface area contributed by atoms with Gasteiger partial charge in [-0.25, -0.2) is 0 Å². The van der Waals surface area contributed by atoms with Gasteiger partial charge >= 0.3 is 0 Å². The largest absolute Gasteiger partial charge is 0.384 e. The molecule has 0 radical (unpaired) electrons. The van der Waals surface area contributed by atoms with Crippen LogP contribution in [-0.2, 0) is 0 Å². The van der Waals surface area contributed by atoms with Gasteiger partial charge in [0, 0.05) is 30.6 Å². The Balaban J connectivity index is 2.30. The minimum Gasteiger partial charge on any atom is -0.384 e. The summed E-state index contributed by atoms with van der Waals surface area (Å²) in [6, 6.07) is 9.28. The maximum Gasteiger partial charge on any atom is 0.0340 e. The second kappa shape index (κ2) is 8.44. The van der Waals surface area contributed by atoms with Gasteiger partial charge in [0.2, 0.25) is 0 Å². The fourth-order valence-electron chi connectivity index (χ4n) is 1.98. The first kappa shape index (κ1) is 15.4. The number of hydrogen-bond donors (Lipinski definition) is 1. The number of benzene rings is 1. The fourth-order valence-corrected chi connectivity index (χ4v) is 2.85. The molecule has 0 aliphatic heterocycles. The van der Waals surface area contributed by atoms with Crippen LogP contribution in [-0.4, -0.2) is 43.1 Å². The molecule has 18 heavy (non-hydrogen) atoms. The minimum absolute atomic E-state index is 0.694. The number of hydrogen-bond acceptors (Lipinski definition) is 3. The summed E-state index contributed by atoms with van der Waals surface area (Å²) in [5.74, 6) is 1.22. The van der Waals surface area contributed by atoms with E-state index in [0.29, 0.717) is 6.04 Å². The van der Waals surface area contributed by atoms with Crippen molar-refractivity contribution < 1.29 is 0 Å².